The molecule has 0 radical (unpaired) electrons. The Morgan fingerprint density at radius 1 is 1.21 bits per heavy atom. The van der Waals surface area contributed by atoms with Gasteiger partial charge in [0.25, 0.3) is 11.1 Å². The van der Waals surface area contributed by atoms with E-state index in [2.05, 4.69) is 21.2 Å². The second-order valence-electron chi connectivity index (χ2n) is 6.79. The smallest absolute Gasteiger partial charge is 0.294 e. The molecule has 1 fully saturated rings. The number of nitrogens with one attached hydrogen (secondary N) is 1. The summed E-state index contributed by atoms with van der Waals surface area (Å²) >= 11 is 4.35. The van der Waals surface area contributed by atoms with Crippen molar-refractivity contribution < 1.29 is 14.4 Å². The first-order valence-corrected chi connectivity index (χ1v) is 10.4. The quantitative estimate of drug-likeness (QED) is 0.647. The van der Waals surface area contributed by atoms with E-state index in [9.17, 15) is 14.4 Å². The number of amides is 3. The van der Waals surface area contributed by atoms with Gasteiger partial charge in [0, 0.05) is 24.3 Å². The van der Waals surface area contributed by atoms with E-state index in [-0.39, 0.29) is 6.54 Å². The van der Waals surface area contributed by atoms with Gasteiger partial charge in [0.05, 0.1) is 10.6 Å². The molecule has 2 aromatic rings. The molecule has 0 saturated carbocycles. The Hall–Kier alpha value is -2.58. The molecule has 150 valence electrons. The third-order valence-corrected chi connectivity index (χ3v) is 5.77. The van der Waals surface area contributed by atoms with Crippen molar-refractivity contribution in [3.05, 3.63) is 63.0 Å². The second-order valence-corrected chi connectivity index (χ2v) is 8.64. The molecule has 1 aliphatic rings. The molecule has 6 nitrogen and oxygen atoms in total. The summed E-state index contributed by atoms with van der Waals surface area (Å²) in [5.41, 5.74) is 3.42. The van der Waals surface area contributed by atoms with Gasteiger partial charge < -0.3 is 10.2 Å². The van der Waals surface area contributed by atoms with Crippen molar-refractivity contribution in [3.63, 3.8) is 0 Å². The molecule has 0 aliphatic carbocycles. The standard InChI is InChI=1S/C21H20BrN3O3S/c1-13-5-4-6-15(9-13)23-19(26)12-25-20(27)18(29-21(25)28)11-14-7-8-17(24(2)3)16(22)10-14/h4-11H,12H2,1-3H3,(H,23,26)/b18-11-. The Bertz CT molecular complexity index is 1020. The molecule has 2 aromatic carbocycles. The van der Waals surface area contributed by atoms with Gasteiger partial charge in [-0.3, -0.25) is 19.3 Å². The molecule has 0 unspecified atom stereocenters. The zero-order valence-corrected chi connectivity index (χ0v) is 18.6. The Kier molecular flexibility index (Phi) is 6.44. The highest BCUT2D eigenvalue weighted by molar-refractivity contribution is 9.10. The highest BCUT2D eigenvalue weighted by Crippen LogP contribution is 2.33. The lowest BCUT2D eigenvalue weighted by Gasteiger charge is -2.14. The number of hydrogen-bond donors (Lipinski definition) is 1. The van der Waals surface area contributed by atoms with Crippen molar-refractivity contribution in [2.75, 3.05) is 30.9 Å². The number of thioether (sulfide) groups is 1. The molecular formula is C21H20BrN3O3S. The normalized spacial score (nSPS) is 15.2. The number of benzene rings is 2. The van der Waals surface area contributed by atoms with E-state index >= 15 is 0 Å². The maximum Gasteiger partial charge on any atom is 0.294 e. The van der Waals surface area contributed by atoms with Crippen LogP contribution >= 0.6 is 27.7 Å². The van der Waals surface area contributed by atoms with E-state index in [1.807, 2.05) is 62.3 Å². The van der Waals surface area contributed by atoms with Gasteiger partial charge in [-0.15, -0.1) is 0 Å². The van der Waals surface area contributed by atoms with Crippen LogP contribution in [0.25, 0.3) is 6.08 Å². The summed E-state index contributed by atoms with van der Waals surface area (Å²) < 4.78 is 0.882. The molecule has 3 rings (SSSR count). The van der Waals surface area contributed by atoms with Gasteiger partial charge in [0.1, 0.15) is 6.54 Å². The topological polar surface area (TPSA) is 69.7 Å². The summed E-state index contributed by atoms with van der Waals surface area (Å²) in [6, 6.07) is 13.0. The average molecular weight is 474 g/mol. The third kappa shape index (κ3) is 5.07. The van der Waals surface area contributed by atoms with Crippen LogP contribution in [0.4, 0.5) is 16.2 Å². The lowest BCUT2D eigenvalue weighted by atomic mass is 10.2. The molecule has 1 aliphatic heterocycles. The lowest BCUT2D eigenvalue weighted by Crippen LogP contribution is -2.36. The number of halogens is 1. The Morgan fingerprint density at radius 2 is 1.97 bits per heavy atom. The van der Waals surface area contributed by atoms with Crippen molar-refractivity contribution in [3.8, 4) is 0 Å². The van der Waals surface area contributed by atoms with Crippen LogP contribution in [-0.4, -0.2) is 42.6 Å². The molecule has 8 heteroatoms. The van der Waals surface area contributed by atoms with Crippen molar-refractivity contribution in [2.24, 2.45) is 0 Å². The number of rotatable bonds is 5. The molecule has 29 heavy (non-hydrogen) atoms. The number of nitrogens with zero attached hydrogens (tertiary/aromatic N) is 2. The summed E-state index contributed by atoms with van der Waals surface area (Å²) in [6.07, 6.45) is 1.66. The SMILES string of the molecule is Cc1cccc(NC(=O)CN2C(=O)S/C(=C\c3ccc(N(C)C)c(Br)c3)C2=O)c1. The minimum atomic E-state index is -0.466. The summed E-state index contributed by atoms with van der Waals surface area (Å²) in [4.78, 5) is 40.4. The number of carbonyl (C=O) groups excluding carboxylic acids is 3. The molecule has 1 saturated heterocycles. The van der Waals surface area contributed by atoms with Gasteiger partial charge in [0.15, 0.2) is 0 Å². The van der Waals surface area contributed by atoms with Gasteiger partial charge in [-0.05, 0) is 76.1 Å². The van der Waals surface area contributed by atoms with Gasteiger partial charge in [-0.25, -0.2) is 0 Å². The maximum absolute atomic E-state index is 12.6. The zero-order valence-electron chi connectivity index (χ0n) is 16.2. The van der Waals surface area contributed by atoms with Crippen LogP contribution in [0.15, 0.2) is 51.8 Å². The minimum Gasteiger partial charge on any atom is -0.377 e. The first-order chi connectivity index (χ1) is 13.7. The predicted molar refractivity (Wildman–Crippen MR) is 121 cm³/mol. The fourth-order valence-electron chi connectivity index (χ4n) is 2.83. The van der Waals surface area contributed by atoms with Crippen LogP contribution in [0.2, 0.25) is 0 Å². The molecule has 0 bridgehead atoms. The lowest BCUT2D eigenvalue weighted by molar-refractivity contribution is -0.127. The fraction of sp³-hybridized carbons (Fsp3) is 0.190. The first-order valence-electron chi connectivity index (χ1n) is 8.83. The van der Waals surface area contributed by atoms with Crippen molar-refractivity contribution in [1.29, 1.82) is 0 Å². The molecule has 0 aromatic heterocycles. The van der Waals surface area contributed by atoms with E-state index in [4.69, 9.17) is 0 Å². The predicted octanol–water partition coefficient (Wildman–Crippen LogP) is 4.50. The molecule has 3 amide bonds. The monoisotopic (exact) mass is 473 g/mol. The number of aryl methyl sites for hydroxylation is 1. The van der Waals surface area contributed by atoms with Gasteiger partial charge in [0.2, 0.25) is 5.91 Å². The maximum atomic E-state index is 12.6. The first kappa shape index (κ1) is 21.1. The highest BCUT2D eigenvalue weighted by atomic mass is 79.9. The highest BCUT2D eigenvalue weighted by Gasteiger charge is 2.36. The van der Waals surface area contributed by atoms with Crippen LogP contribution in [0.1, 0.15) is 11.1 Å². The van der Waals surface area contributed by atoms with Crippen molar-refractivity contribution in [2.45, 2.75) is 6.92 Å². The minimum absolute atomic E-state index is 0.294. The van der Waals surface area contributed by atoms with Crippen LogP contribution in [0.5, 0.6) is 0 Å². The van der Waals surface area contributed by atoms with E-state index in [1.165, 1.54) is 0 Å². The molecular weight excluding hydrogens is 454 g/mol. The zero-order chi connectivity index (χ0) is 21.1. The molecule has 0 spiro atoms. The Labute approximate surface area is 182 Å². The van der Waals surface area contributed by atoms with Crippen LogP contribution < -0.4 is 10.2 Å². The van der Waals surface area contributed by atoms with E-state index in [0.29, 0.717) is 10.6 Å². The number of imide groups is 1. The summed E-state index contributed by atoms with van der Waals surface area (Å²) in [5, 5.41) is 2.26. The van der Waals surface area contributed by atoms with Gasteiger partial charge in [-0.1, -0.05) is 18.2 Å². The largest absolute Gasteiger partial charge is 0.377 e. The molecule has 1 N–H and O–H groups in total. The average Bonchev–Trinajstić information content (AvgIpc) is 2.89. The van der Waals surface area contributed by atoms with Crippen LogP contribution in [0, 0.1) is 6.92 Å². The molecule has 0 atom stereocenters. The molecule has 1 heterocycles. The van der Waals surface area contributed by atoms with Gasteiger partial charge >= 0.3 is 0 Å². The fourth-order valence-corrected chi connectivity index (χ4v) is 4.42. The van der Waals surface area contributed by atoms with Crippen molar-refractivity contribution >= 4 is 62.2 Å². The summed E-state index contributed by atoms with van der Waals surface area (Å²) in [5.74, 6) is -0.885. The van der Waals surface area contributed by atoms with Crippen LogP contribution in [-0.2, 0) is 9.59 Å². The van der Waals surface area contributed by atoms with Gasteiger partial charge in [-0.2, -0.15) is 0 Å². The Morgan fingerprint density at radius 3 is 2.62 bits per heavy atom. The van der Waals surface area contributed by atoms with E-state index in [1.54, 1.807) is 12.1 Å². The van der Waals surface area contributed by atoms with Crippen LogP contribution in [0.3, 0.4) is 0 Å². The number of anilines is 2. The van der Waals surface area contributed by atoms with E-state index < -0.39 is 17.1 Å². The second kappa shape index (κ2) is 8.84. The third-order valence-electron chi connectivity index (χ3n) is 4.23. The van der Waals surface area contributed by atoms with Crippen molar-refractivity contribution in [1.82, 2.24) is 4.90 Å². The Balaban J connectivity index is 1.71. The summed E-state index contributed by atoms with van der Waals surface area (Å²) in [6.45, 7) is 1.60. The number of carbonyl (C=O) groups is 3. The van der Waals surface area contributed by atoms with E-state index in [0.717, 1.165) is 37.9 Å². The number of hydrogen-bond acceptors (Lipinski definition) is 5. The summed E-state index contributed by atoms with van der Waals surface area (Å²) in [7, 11) is 3.87.